The maximum absolute atomic E-state index is 5.67. The molecule has 0 atom stereocenters. The Bertz CT molecular complexity index is 3300. The zero-order chi connectivity index (χ0) is 37.5. The summed E-state index contributed by atoms with van der Waals surface area (Å²) in [6.07, 6.45) is 0. The number of para-hydroxylation sites is 1. The molecule has 4 heterocycles. The van der Waals surface area contributed by atoms with Crippen LogP contribution < -0.4 is 17.7 Å². The van der Waals surface area contributed by atoms with Crippen LogP contribution in [-0.2, 0) is 0 Å². The fraction of sp³-hybridized carbons (Fsp3) is 0. The second-order valence-electron chi connectivity index (χ2n) is 14.8. The minimum atomic E-state index is -3.64. The molecule has 0 fully saturated rings. The first-order chi connectivity index (χ1) is 28.3. The Labute approximate surface area is 336 Å². The van der Waals surface area contributed by atoms with Crippen LogP contribution in [0.5, 0.6) is 0 Å². The number of thiophene rings is 1. The first kappa shape index (κ1) is 32.6. The number of benzene rings is 8. The molecule has 1 aliphatic rings. The molecule has 12 rings (SSSR count). The Balaban J connectivity index is 1.11. The fourth-order valence-corrected chi connectivity index (χ4v) is 21.2. The molecule has 0 unspecified atom stereocenters. The molecule has 0 radical (unpaired) electrons. The molecule has 0 aliphatic carbocycles. The van der Waals surface area contributed by atoms with Gasteiger partial charge in [0.25, 0.3) is 0 Å². The Hall–Kier alpha value is -6.60. The van der Waals surface area contributed by atoms with Gasteiger partial charge in [0, 0.05) is 10.1 Å². The van der Waals surface area contributed by atoms with E-state index in [0.717, 1.165) is 33.9 Å². The summed E-state index contributed by atoms with van der Waals surface area (Å²) < 4.78 is 10.4. The number of aromatic nitrogens is 3. The van der Waals surface area contributed by atoms with E-state index >= 15 is 0 Å². The van der Waals surface area contributed by atoms with E-state index in [1.54, 1.807) is 0 Å². The van der Waals surface area contributed by atoms with E-state index in [9.17, 15) is 0 Å². The Kier molecular flexibility index (Phi) is 7.28. The Morgan fingerprint density at radius 3 is 1.84 bits per heavy atom. The minimum absolute atomic E-state index is 0.762. The van der Waals surface area contributed by atoms with Gasteiger partial charge in [0.15, 0.2) is 0 Å². The van der Waals surface area contributed by atoms with Crippen molar-refractivity contribution < 1.29 is 0 Å². The third-order valence-corrected chi connectivity index (χ3v) is 23.0. The monoisotopic (exact) mass is 805 g/mol. The number of fused-ring (bicyclic) bond motifs is 10. The standard InChI is InChI=1S/C52H33GeN3S/c1-4-16-35(17-5-1)52-54-49(48-41-23-10-13-25-43(41)53(51(48)55-52,36-18-6-2-7-19-36)37-20-8-3-9-21-37)34-28-30-38(31-29-34)56-44-26-14-11-24-42(44)47-45(56)33-32-40-39-22-12-15-27-46(39)57-50(40)47/h1-33H. The normalized spacial score (nSPS) is 13.1. The number of hydrogen-bond donors (Lipinski definition) is 0. The summed E-state index contributed by atoms with van der Waals surface area (Å²) in [5.41, 5.74) is 9.03. The van der Waals surface area contributed by atoms with Gasteiger partial charge in [-0.1, -0.05) is 18.2 Å². The van der Waals surface area contributed by atoms with E-state index in [1.165, 1.54) is 65.3 Å². The van der Waals surface area contributed by atoms with Crippen molar-refractivity contribution in [3.63, 3.8) is 0 Å². The summed E-state index contributed by atoms with van der Waals surface area (Å²) in [5, 5.41) is 5.23. The second kappa shape index (κ2) is 12.7. The van der Waals surface area contributed by atoms with Crippen LogP contribution in [0.2, 0.25) is 0 Å². The van der Waals surface area contributed by atoms with Crippen LogP contribution >= 0.6 is 11.3 Å². The van der Waals surface area contributed by atoms with Gasteiger partial charge >= 0.3 is 304 Å². The van der Waals surface area contributed by atoms with Crippen molar-refractivity contribution in [1.82, 2.24) is 14.5 Å². The fourth-order valence-electron chi connectivity index (χ4n) is 9.48. The summed E-state index contributed by atoms with van der Waals surface area (Å²) in [4.78, 5) is 11.2. The summed E-state index contributed by atoms with van der Waals surface area (Å²) in [7, 11) is 0. The molecule has 0 saturated heterocycles. The SMILES string of the molecule is c1ccc(-c2nc(-c3ccc(-n4c5ccccc5c5c6sc7ccccc7c6ccc54)cc3)c3[c](n2)[Ge]([c]2ccccc2)([c]2ccccc2)[c]2ccccc2-3)cc1. The molecular formula is C52H33GeN3S. The molecule has 3 aromatic heterocycles. The Morgan fingerprint density at radius 2 is 1.09 bits per heavy atom. The molecule has 0 saturated carbocycles. The van der Waals surface area contributed by atoms with Gasteiger partial charge in [0.1, 0.15) is 0 Å². The molecule has 0 bridgehead atoms. The molecule has 266 valence electrons. The van der Waals surface area contributed by atoms with Gasteiger partial charge in [0.05, 0.1) is 0 Å². The van der Waals surface area contributed by atoms with E-state index in [2.05, 4.69) is 205 Å². The summed E-state index contributed by atoms with van der Waals surface area (Å²) in [6, 6.07) is 73.1. The van der Waals surface area contributed by atoms with E-state index in [0.29, 0.717) is 0 Å². The average Bonchev–Trinajstić information content (AvgIpc) is 3.94. The van der Waals surface area contributed by atoms with Gasteiger partial charge in [0.2, 0.25) is 0 Å². The van der Waals surface area contributed by atoms with Crippen molar-refractivity contribution in [2.45, 2.75) is 0 Å². The van der Waals surface area contributed by atoms with Crippen molar-refractivity contribution in [2.24, 2.45) is 0 Å². The zero-order valence-electron chi connectivity index (χ0n) is 30.8. The molecule has 0 N–H and O–H groups in total. The van der Waals surface area contributed by atoms with Crippen molar-refractivity contribution in [2.75, 3.05) is 0 Å². The zero-order valence-corrected chi connectivity index (χ0v) is 33.7. The molecule has 3 nitrogen and oxygen atoms in total. The van der Waals surface area contributed by atoms with Crippen LogP contribution in [0.1, 0.15) is 0 Å². The van der Waals surface area contributed by atoms with Crippen LogP contribution in [0.3, 0.4) is 0 Å². The van der Waals surface area contributed by atoms with E-state index in [-0.39, 0.29) is 0 Å². The molecule has 57 heavy (non-hydrogen) atoms. The molecule has 0 spiro atoms. The second-order valence-corrected chi connectivity index (χ2v) is 23.6. The van der Waals surface area contributed by atoms with E-state index < -0.39 is 13.3 Å². The van der Waals surface area contributed by atoms with Crippen LogP contribution in [0.4, 0.5) is 0 Å². The van der Waals surface area contributed by atoms with Crippen molar-refractivity contribution in [3.8, 4) is 39.5 Å². The topological polar surface area (TPSA) is 30.7 Å². The Morgan fingerprint density at radius 1 is 0.456 bits per heavy atom. The molecule has 0 amide bonds. The van der Waals surface area contributed by atoms with Gasteiger partial charge in [-0.3, -0.25) is 0 Å². The average molecular weight is 805 g/mol. The maximum atomic E-state index is 5.67. The van der Waals surface area contributed by atoms with Gasteiger partial charge in [-0.2, -0.15) is 0 Å². The van der Waals surface area contributed by atoms with E-state index in [4.69, 9.17) is 9.97 Å². The molecule has 11 aromatic rings. The predicted octanol–water partition coefficient (Wildman–Crippen LogP) is 10.6. The molecule has 8 aromatic carbocycles. The van der Waals surface area contributed by atoms with Crippen LogP contribution in [0.15, 0.2) is 200 Å². The van der Waals surface area contributed by atoms with Crippen molar-refractivity contribution in [3.05, 3.63) is 200 Å². The molecule has 5 heteroatoms. The van der Waals surface area contributed by atoms with Gasteiger partial charge < -0.3 is 0 Å². The van der Waals surface area contributed by atoms with Crippen molar-refractivity contribution >= 4 is 84.3 Å². The third-order valence-electron chi connectivity index (χ3n) is 11.9. The van der Waals surface area contributed by atoms with Gasteiger partial charge in [-0.05, 0) is 6.07 Å². The predicted molar refractivity (Wildman–Crippen MR) is 243 cm³/mol. The van der Waals surface area contributed by atoms with Crippen LogP contribution in [0.25, 0.3) is 81.4 Å². The number of rotatable bonds is 5. The number of hydrogen-bond acceptors (Lipinski definition) is 3. The van der Waals surface area contributed by atoms with E-state index in [1.807, 2.05) is 11.3 Å². The van der Waals surface area contributed by atoms with Crippen molar-refractivity contribution in [1.29, 1.82) is 0 Å². The first-order valence-electron chi connectivity index (χ1n) is 19.4. The third kappa shape index (κ3) is 4.72. The first-order valence-corrected chi connectivity index (χ1v) is 24.4. The summed E-state index contributed by atoms with van der Waals surface area (Å²) in [5.74, 6) is 0.762. The van der Waals surface area contributed by atoms with Crippen LogP contribution in [-0.4, -0.2) is 27.8 Å². The molecular weight excluding hydrogens is 771 g/mol. The molecule has 1 aliphatic heterocycles. The summed E-state index contributed by atoms with van der Waals surface area (Å²) in [6.45, 7) is 0. The quantitative estimate of drug-likeness (QED) is 0.162. The van der Waals surface area contributed by atoms with Gasteiger partial charge in [-0.15, -0.1) is 0 Å². The summed E-state index contributed by atoms with van der Waals surface area (Å²) >= 11 is -1.74. The van der Waals surface area contributed by atoms with Gasteiger partial charge in [-0.25, -0.2) is 0 Å². The number of nitrogens with zero attached hydrogens (tertiary/aromatic N) is 3. The van der Waals surface area contributed by atoms with Crippen LogP contribution in [0, 0.1) is 0 Å².